The molecule has 150 valence electrons. The maximum absolute atomic E-state index is 12.2. The molecule has 28 heavy (non-hydrogen) atoms. The Labute approximate surface area is 168 Å². The summed E-state index contributed by atoms with van der Waals surface area (Å²) >= 11 is 1.54. The zero-order valence-corrected chi connectivity index (χ0v) is 17.1. The van der Waals surface area contributed by atoms with Crippen LogP contribution in [0, 0.1) is 0 Å². The van der Waals surface area contributed by atoms with E-state index in [2.05, 4.69) is 10.6 Å². The van der Waals surface area contributed by atoms with E-state index in [-0.39, 0.29) is 11.6 Å². The van der Waals surface area contributed by atoms with Crippen molar-refractivity contribution < 1.29 is 23.9 Å². The smallest absolute Gasteiger partial charge is 0.412 e. The Bertz CT molecular complexity index is 827. The largest absolute Gasteiger partial charge is 0.452 e. The van der Waals surface area contributed by atoms with E-state index in [0.717, 1.165) is 4.88 Å². The molecule has 0 saturated carbocycles. The second-order valence-corrected chi connectivity index (χ2v) is 8.07. The van der Waals surface area contributed by atoms with Gasteiger partial charge in [0.25, 0.3) is 5.91 Å². The molecule has 0 spiro atoms. The van der Waals surface area contributed by atoms with Crippen LogP contribution in [-0.4, -0.2) is 30.2 Å². The fourth-order valence-electron chi connectivity index (χ4n) is 2.25. The SMILES string of the molecule is C[C@@H](NC(=O)COC(=O)c1cccc(NC(=O)OC(C)(C)C)c1)c1cccs1. The zero-order chi connectivity index (χ0) is 20.7. The van der Waals surface area contributed by atoms with Crippen molar-refractivity contribution in [3.8, 4) is 0 Å². The molecule has 1 aromatic heterocycles. The summed E-state index contributed by atoms with van der Waals surface area (Å²) in [6.45, 7) is 6.73. The monoisotopic (exact) mass is 404 g/mol. The van der Waals surface area contributed by atoms with Gasteiger partial charge in [-0.1, -0.05) is 12.1 Å². The summed E-state index contributed by atoms with van der Waals surface area (Å²) in [4.78, 5) is 37.0. The van der Waals surface area contributed by atoms with E-state index in [1.165, 1.54) is 23.5 Å². The van der Waals surface area contributed by atoms with Crippen molar-refractivity contribution in [1.82, 2.24) is 5.32 Å². The van der Waals surface area contributed by atoms with Crippen molar-refractivity contribution in [3.05, 3.63) is 52.2 Å². The van der Waals surface area contributed by atoms with Crippen LogP contribution in [0.4, 0.5) is 10.5 Å². The maximum Gasteiger partial charge on any atom is 0.412 e. The summed E-state index contributed by atoms with van der Waals surface area (Å²) in [5, 5.41) is 7.25. The van der Waals surface area contributed by atoms with Crippen LogP contribution in [0.5, 0.6) is 0 Å². The standard InChI is InChI=1S/C20H24N2O5S/c1-13(16-9-6-10-28-16)21-17(23)12-26-18(24)14-7-5-8-15(11-14)22-19(25)27-20(2,3)4/h5-11,13H,12H2,1-4H3,(H,21,23)(H,22,25)/t13-/m1/s1. The molecule has 2 N–H and O–H groups in total. The van der Waals surface area contributed by atoms with Gasteiger partial charge in [-0.2, -0.15) is 0 Å². The Morgan fingerprint density at radius 2 is 1.89 bits per heavy atom. The van der Waals surface area contributed by atoms with Gasteiger partial charge in [-0.3, -0.25) is 10.1 Å². The number of carbonyl (C=O) groups is 3. The summed E-state index contributed by atoms with van der Waals surface area (Å²) in [5.74, 6) is -1.05. The number of esters is 1. The normalized spacial score (nSPS) is 12.0. The number of nitrogens with one attached hydrogen (secondary N) is 2. The minimum atomic E-state index is -0.660. The van der Waals surface area contributed by atoms with Gasteiger partial charge < -0.3 is 14.8 Å². The first-order valence-corrected chi connectivity index (χ1v) is 9.62. The fraction of sp³-hybridized carbons (Fsp3) is 0.350. The molecule has 8 heteroatoms. The molecule has 2 aromatic rings. The molecule has 0 aliphatic heterocycles. The van der Waals surface area contributed by atoms with Crippen LogP contribution < -0.4 is 10.6 Å². The van der Waals surface area contributed by atoms with Crippen LogP contribution in [-0.2, 0) is 14.3 Å². The quantitative estimate of drug-likeness (QED) is 0.706. The maximum atomic E-state index is 12.2. The van der Waals surface area contributed by atoms with Crippen molar-refractivity contribution in [2.45, 2.75) is 39.3 Å². The second-order valence-electron chi connectivity index (χ2n) is 7.09. The molecule has 0 aliphatic rings. The number of carbonyl (C=O) groups excluding carboxylic acids is 3. The number of amides is 2. The third kappa shape index (κ3) is 7.03. The number of ether oxygens (including phenoxy) is 2. The summed E-state index contributed by atoms with van der Waals surface area (Å²) in [5.41, 5.74) is -0.0269. The number of benzene rings is 1. The zero-order valence-electron chi connectivity index (χ0n) is 16.3. The van der Waals surface area contributed by atoms with Crippen molar-refractivity contribution in [2.75, 3.05) is 11.9 Å². The second kappa shape index (κ2) is 9.36. The predicted octanol–water partition coefficient (Wildman–Crippen LogP) is 4.13. The average molecular weight is 404 g/mol. The van der Waals surface area contributed by atoms with Gasteiger partial charge in [0.1, 0.15) is 5.60 Å². The van der Waals surface area contributed by atoms with Gasteiger partial charge in [-0.05, 0) is 57.3 Å². The summed E-state index contributed by atoms with van der Waals surface area (Å²) in [6.07, 6.45) is -0.625. The molecule has 2 amide bonds. The van der Waals surface area contributed by atoms with Crippen LogP contribution in [0.3, 0.4) is 0 Å². The van der Waals surface area contributed by atoms with Crippen LogP contribution in [0.25, 0.3) is 0 Å². The van der Waals surface area contributed by atoms with Crippen molar-refractivity contribution in [1.29, 1.82) is 0 Å². The van der Waals surface area contributed by atoms with Crippen LogP contribution in [0.1, 0.15) is 49.0 Å². The Morgan fingerprint density at radius 3 is 2.54 bits per heavy atom. The molecule has 0 unspecified atom stereocenters. The first kappa shape index (κ1) is 21.4. The lowest BCUT2D eigenvalue weighted by Gasteiger charge is -2.19. The first-order valence-electron chi connectivity index (χ1n) is 8.74. The summed E-state index contributed by atoms with van der Waals surface area (Å²) in [6, 6.07) is 9.88. The molecule has 1 aromatic carbocycles. The number of hydrogen-bond donors (Lipinski definition) is 2. The highest BCUT2D eigenvalue weighted by Crippen LogP contribution is 2.18. The molecule has 1 heterocycles. The Morgan fingerprint density at radius 1 is 1.14 bits per heavy atom. The molecular weight excluding hydrogens is 380 g/mol. The lowest BCUT2D eigenvalue weighted by molar-refractivity contribution is -0.124. The third-order valence-corrected chi connectivity index (χ3v) is 4.48. The van der Waals surface area contributed by atoms with Gasteiger partial charge in [-0.15, -0.1) is 11.3 Å². The van der Waals surface area contributed by atoms with E-state index in [0.29, 0.717) is 5.69 Å². The minimum absolute atomic E-state index is 0.160. The lowest BCUT2D eigenvalue weighted by Crippen LogP contribution is -2.30. The van der Waals surface area contributed by atoms with E-state index in [1.807, 2.05) is 24.4 Å². The van der Waals surface area contributed by atoms with Gasteiger partial charge in [0.05, 0.1) is 11.6 Å². The lowest BCUT2D eigenvalue weighted by atomic mass is 10.2. The van der Waals surface area contributed by atoms with Crippen molar-refractivity contribution in [3.63, 3.8) is 0 Å². The Hall–Kier alpha value is -2.87. The van der Waals surface area contributed by atoms with Gasteiger partial charge in [-0.25, -0.2) is 9.59 Å². The highest BCUT2D eigenvalue weighted by molar-refractivity contribution is 7.10. The van der Waals surface area contributed by atoms with E-state index < -0.39 is 30.2 Å². The molecule has 0 fully saturated rings. The number of thiophene rings is 1. The van der Waals surface area contributed by atoms with Crippen molar-refractivity contribution in [2.24, 2.45) is 0 Å². The van der Waals surface area contributed by atoms with Gasteiger partial charge in [0.2, 0.25) is 0 Å². The highest BCUT2D eigenvalue weighted by Gasteiger charge is 2.17. The van der Waals surface area contributed by atoms with E-state index >= 15 is 0 Å². The fourth-order valence-corrected chi connectivity index (χ4v) is 2.99. The van der Waals surface area contributed by atoms with Gasteiger partial charge >= 0.3 is 12.1 Å². The molecule has 7 nitrogen and oxygen atoms in total. The first-order chi connectivity index (χ1) is 13.1. The van der Waals surface area contributed by atoms with Crippen molar-refractivity contribution >= 4 is 35.0 Å². The topological polar surface area (TPSA) is 93.7 Å². The third-order valence-electron chi connectivity index (χ3n) is 3.43. The Balaban J connectivity index is 1.86. The number of rotatable bonds is 6. The summed E-state index contributed by atoms with van der Waals surface area (Å²) < 4.78 is 10.2. The Kier molecular flexibility index (Phi) is 7.17. The van der Waals surface area contributed by atoms with Gasteiger partial charge in [0.15, 0.2) is 6.61 Å². The van der Waals surface area contributed by atoms with E-state index in [9.17, 15) is 14.4 Å². The molecule has 1 atom stereocenters. The van der Waals surface area contributed by atoms with Crippen LogP contribution in [0.15, 0.2) is 41.8 Å². The van der Waals surface area contributed by atoms with E-state index in [1.54, 1.807) is 32.9 Å². The van der Waals surface area contributed by atoms with E-state index in [4.69, 9.17) is 9.47 Å². The molecular formula is C20H24N2O5S. The molecule has 0 saturated heterocycles. The average Bonchev–Trinajstić information content (AvgIpc) is 3.13. The highest BCUT2D eigenvalue weighted by atomic mass is 32.1. The molecule has 0 bridgehead atoms. The molecule has 0 aliphatic carbocycles. The minimum Gasteiger partial charge on any atom is -0.452 e. The summed E-state index contributed by atoms with van der Waals surface area (Å²) in [7, 11) is 0. The van der Waals surface area contributed by atoms with Gasteiger partial charge in [0, 0.05) is 10.6 Å². The molecule has 0 radical (unpaired) electrons. The van der Waals surface area contributed by atoms with Crippen LogP contribution in [0.2, 0.25) is 0 Å². The number of anilines is 1. The number of hydrogen-bond acceptors (Lipinski definition) is 6. The molecule has 2 rings (SSSR count). The van der Waals surface area contributed by atoms with Crippen LogP contribution >= 0.6 is 11.3 Å². The predicted molar refractivity (Wildman–Crippen MR) is 107 cm³/mol.